The summed E-state index contributed by atoms with van der Waals surface area (Å²) in [6.07, 6.45) is 3.46. The fourth-order valence-corrected chi connectivity index (χ4v) is 0.835. The van der Waals surface area contributed by atoms with E-state index in [9.17, 15) is 4.79 Å². The summed E-state index contributed by atoms with van der Waals surface area (Å²) in [5, 5.41) is 14.8. The number of hydrogen-bond donors (Lipinski definition) is 1. The molecular formula is C10H15N3O3. The third-order valence-electron chi connectivity index (χ3n) is 1.63. The number of aromatic nitrogens is 2. The number of aromatic amines is 1. The minimum Gasteiger partial charge on any atom is -0.466 e. The van der Waals surface area contributed by atoms with Crippen molar-refractivity contribution in [1.82, 2.24) is 10.2 Å². The molecule has 0 spiro atoms. The number of nitriles is 1. The van der Waals surface area contributed by atoms with E-state index in [-0.39, 0.29) is 0 Å². The van der Waals surface area contributed by atoms with Crippen molar-refractivity contribution in [3.8, 4) is 6.07 Å². The van der Waals surface area contributed by atoms with Crippen LogP contribution in [-0.2, 0) is 14.3 Å². The highest BCUT2D eigenvalue weighted by Crippen LogP contribution is 2.10. The second kappa shape index (κ2) is 7.43. The monoisotopic (exact) mass is 225 g/mol. The molecule has 0 radical (unpaired) electrons. The van der Waals surface area contributed by atoms with E-state index in [1.807, 2.05) is 6.07 Å². The van der Waals surface area contributed by atoms with E-state index >= 15 is 0 Å². The predicted octanol–water partition coefficient (Wildman–Crippen LogP) is 0.888. The van der Waals surface area contributed by atoms with Crippen LogP contribution < -0.4 is 0 Å². The van der Waals surface area contributed by atoms with E-state index in [0.717, 1.165) is 0 Å². The number of H-pyrrole nitrogens is 1. The van der Waals surface area contributed by atoms with Gasteiger partial charge in [-0.3, -0.25) is 5.10 Å². The minimum atomic E-state index is -1.45. The first-order valence-electron chi connectivity index (χ1n) is 4.68. The Bertz CT molecular complexity index is 314. The maximum absolute atomic E-state index is 10.9. The maximum atomic E-state index is 10.9. The molecule has 0 fully saturated rings. The Labute approximate surface area is 94.2 Å². The molecule has 0 saturated carbocycles. The molecule has 0 aliphatic heterocycles. The van der Waals surface area contributed by atoms with E-state index in [0.29, 0.717) is 6.61 Å². The molecule has 1 aromatic rings. The first-order chi connectivity index (χ1) is 7.60. The third-order valence-corrected chi connectivity index (χ3v) is 1.63. The van der Waals surface area contributed by atoms with Gasteiger partial charge in [0.05, 0.1) is 7.11 Å². The van der Waals surface area contributed by atoms with Gasteiger partial charge < -0.3 is 9.47 Å². The number of esters is 1. The SMILES string of the molecule is CCOC(C)(C#N)C(=O)OC.c1cn[nH]c1. The third kappa shape index (κ3) is 4.57. The molecule has 1 atom stereocenters. The lowest BCUT2D eigenvalue weighted by atomic mass is 10.1. The number of nitrogens with zero attached hydrogens (tertiary/aromatic N) is 2. The molecule has 6 nitrogen and oxygen atoms in total. The van der Waals surface area contributed by atoms with E-state index in [1.165, 1.54) is 14.0 Å². The summed E-state index contributed by atoms with van der Waals surface area (Å²) in [6.45, 7) is 3.39. The molecule has 1 unspecified atom stereocenters. The van der Waals surface area contributed by atoms with Crippen molar-refractivity contribution in [3.05, 3.63) is 18.5 Å². The van der Waals surface area contributed by atoms with Crippen LogP contribution in [-0.4, -0.2) is 35.5 Å². The first-order valence-corrected chi connectivity index (χ1v) is 4.68. The Morgan fingerprint density at radius 3 is 2.62 bits per heavy atom. The summed E-state index contributed by atoms with van der Waals surface area (Å²) in [7, 11) is 1.22. The van der Waals surface area contributed by atoms with Crippen LogP contribution in [0.2, 0.25) is 0 Å². The highest BCUT2D eigenvalue weighted by molar-refractivity contribution is 5.82. The topological polar surface area (TPSA) is 88.0 Å². The van der Waals surface area contributed by atoms with Crippen molar-refractivity contribution in [2.75, 3.05) is 13.7 Å². The number of ether oxygens (including phenoxy) is 2. The number of nitrogens with one attached hydrogen (secondary N) is 1. The lowest BCUT2D eigenvalue weighted by Gasteiger charge is -2.17. The standard InChI is InChI=1S/C7H11NO3.C3H4N2/c1-4-11-7(2,5-8)6(9)10-3;1-2-4-5-3-1/h4H2,1-3H3;1-3H,(H,4,5). The predicted molar refractivity (Wildman–Crippen MR) is 56.2 cm³/mol. The van der Waals surface area contributed by atoms with Gasteiger partial charge in [-0.15, -0.1) is 0 Å². The average molecular weight is 225 g/mol. The second-order valence-electron chi connectivity index (χ2n) is 2.84. The Hall–Kier alpha value is -1.87. The molecule has 0 amide bonds. The summed E-state index contributed by atoms with van der Waals surface area (Å²) >= 11 is 0. The molecular weight excluding hydrogens is 210 g/mol. The molecule has 1 N–H and O–H groups in total. The summed E-state index contributed by atoms with van der Waals surface area (Å²) in [4.78, 5) is 10.9. The van der Waals surface area contributed by atoms with Gasteiger partial charge in [-0.25, -0.2) is 4.79 Å². The van der Waals surface area contributed by atoms with Gasteiger partial charge in [0.1, 0.15) is 6.07 Å². The van der Waals surface area contributed by atoms with Crippen LogP contribution in [0.1, 0.15) is 13.8 Å². The normalized spacial score (nSPS) is 12.6. The maximum Gasteiger partial charge on any atom is 0.352 e. The Morgan fingerprint density at radius 2 is 2.38 bits per heavy atom. The zero-order valence-corrected chi connectivity index (χ0v) is 9.56. The molecule has 0 aliphatic rings. The number of hydrogen-bond acceptors (Lipinski definition) is 5. The van der Waals surface area contributed by atoms with Crippen LogP contribution in [0.5, 0.6) is 0 Å². The molecule has 6 heteroatoms. The molecule has 1 rings (SSSR count). The van der Waals surface area contributed by atoms with Gasteiger partial charge in [0.2, 0.25) is 5.60 Å². The van der Waals surface area contributed by atoms with Gasteiger partial charge in [0, 0.05) is 19.0 Å². The fraction of sp³-hybridized carbons (Fsp3) is 0.500. The molecule has 0 saturated heterocycles. The zero-order valence-electron chi connectivity index (χ0n) is 9.56. The second-order valence-corrected chi connectivity index (χ2v) is 2.84. The van der Waals surface area contributed by atoms with Gasteiger partial charge in [0.15, 0.2) is 0 Å². The molecule has 88 valence electrons. The number of methoxy groups -OCH3 is 1. The van der Waals surface area contributed by atoms with Gasteiger partial charge in [-0.1, -0.05) is 0 Å². The smallest absolute Gasteiger partial charge is 0.352 e. The average Bonchev–Trinajstić information content (AvgIpc) is 2.86. The highest BCUT2D eigenvalue weighted by atomic mass is 16.6. The Kier molecular flexibility index (Phi) is 6.56. The number of carbonyl (C=O) groups excluding carboxylic acids is 1. The zero-order chi connectivity index (χ0) is 12.4. The van der Waals surface area contributed by atoms with E-state index in [4.69, 9.17) is 10.00 Å². The summed E-state index contributed by atoms with van der Waals surface area (Å²) in [5.41, 5.74) is -1.45. The number of rotatable bonds is 3. The minimum absolute atomic E-state index is 0.305. The van der Waals surface area contributed by atoms with E-state index in [1.54, 1.807) is 25.4 Å². The molecule has 0 aliphatic carbocycles. The first kappa shape index (κ1) is 14.1. The Balaban J connectivity index is 0.000000368. The van der Waals surface area contributed by atoms with Crippen LogP contribution in [0.3, 0.4) is 0 Å². The van der Waals surface area contributed by atoms with Crippen LogP contribution in [0, 0.1) is 11.3 Å². The largest absolute Gasteiger partial charge is 0.466 e. The quantitative estimate of drug-likeness (QED) is 0.772. The van der Waals surface area contributed by atoms with E-state index < -0.39 is 11.6 Å². The summed E-state index contributed by atoms with van der Waals surface area (Å²) in [6, 6.07) is 3.57. The van der Waals surface area contributed by atoms with Crippen LogP contribution in [0.25, 0.3) is 0 Å². The van der Waals surface area contributed by atoms with Crippen LogP contribution >= 0.6 is 0 Å². The molecule has 0 aromatic carbocycles. The van der Waals surface area contributed by atoms with Gasteiger partial charge in [-0.2, -0.15) is 10.4 Å². The van der Waals surface area contributed by atoms with Gasteiger partial charge in [0.25, 0.3) is 0 Å². The molecule has 16 heavy (non-hydrogen) atoms. The van der Waals surface area contributed by atoms with Crippen LogP contribution in [0.4, 0.5) is 0 Å². The lowest BCUT2D eigenvalue weighted by molar-refractivity contribution is -0.159. The van der Waals surface area contributed by atoms with Crippen molar-refractivity contribution in [2.24, 2.45) is 0 Å². The summed E-state index contributed by atoms with van der Waals surface area (Å²) < 4.78 is 9.27. The van der Waals surface area contributed by atoms with Crippen molar-refractivity contribution in [2.45, 2.75) is 19.4 Å². The van der Waals surface area contributed by atoms with Crippen LogP contribution in [0.15, 0.2) is 18.5 Å². The van der Waals surface area contributed by atoms with Crippen molar-refractivity contribution in [3.63, 3.8) is 0 Å². The van der Waals surface area contributed by atoms with Crippen molar-refractivity contribution in [1.29, 1.82) is 5.26 Å². The molecule has 1 heterocycles. The molecule has 1 aromatic heterocycles. The van der Waals surface area contributed by atoms with Gasteiger partial charge in [-0.05, 0) is 19.9 Å². The van der Waals surface area contributed by atoms with E-state index in [2.05, 4.69) is 14.9 Å². The van der Waals surface area contributed by atoms with Crippen molar-refractivity contribution < 1.29 is 14.3 Å². The fourth-order valence-electron chi connectivity index (χ4n) is 0.835. The Morgan fingerprint density at radius 1 is 1.69 bits per heavy atom. The number of carbonyl (C=O) groups is 1. The summed E-state index contributed by atoms with van der Waals surface area (Å²) in [5.74, 6) is -0.665. The lowest BCUT2D eigenvalue weighted by Crippen LogP contribution is -2.37. The van der Waals surface area contributed by atoms with Gasteiger partial charge >= 0.3 is 5.97 Å². The highest BCUT2D eigenvalue weighted by Gasteiger charge is 2.35. The molecule has 0 bridgehead atoms. The van der Waals surface area contributed by atoms with Crippen molar-refractivity contribution >= 4 is 5.97 Å².